The number of rotatable bonds is 14. The largest absolute Gasteiger partial charge is 0.481 e. The molecule has 1 aliphatic heterocycles. The molecule has 1 saturated heterocycles. The highest BCUT2D eigenvalue weighted by Gasteiger charge is 2.72. The first-order chi connectivity index (χ1) is 24.3. The summed E-state index contributed by atoms with van der Waals surface area (Å²) in [5.41, 5.74) is -0.466. The maximum atomic E-state index is 13.5. The Morgan fingerprint density at radius 1 is 1.00 bits per heavy atom. The van der Waals surface area contributed by atoms with Crippen LogP contribution in [-0.4, -0.2) is 85.6 Å². The van der Waals surface area contributed by atoms with E-state index in [1.54, 1.807) is 0 Å². The minimum Gasteiger partial charge on any atom is -0.481 e. The Bertz CT molecular complexity index is 1360. The molecule has 1 unspecified atom stereocenters. The summed E-state index contributed by atoms with van der Waals surface area (Å²) in [7, 11) is 0. The first kappa shape index (κ1) is 41.2. The molecule has 4 aliphatic carbocycles. The Morgan fingerprint density at radius 3 is 2.31 bits per heavy atom. The van der Waals surface area contributed by atoms with Gasteiger partial charge in [0, 0.05) is 23.8 Å². The van der Waals surface area contributed by atoms with Gasteiger partial charge >= 0.3 is 17.9 Å². The average Bonchev–Trinajstić information content (AvgIpc) is 3.07. The van der Waals surface area contributed by atoms with Crippen LogP contribution in [0.15, 0.2) is 11.6 Å². The number of fused-ring (bicyclic) bond motifs is 3. The lowest BCUT2D eigenvalue weighted by Gasteiger charge is -2.71. The van der Waals surface area contributed by atoms with Gasteiger partial charge in [0.1, 0.15) is 12.2 Å². The molecule has 0 aromatic carbocycles. The Balaban J connectivity index is 1.41. The van der Waals surface area contributed by atoms with Gasteiger partial charge in [-0.2, -0.15) is 0 Å². The molecule has 4 fully saturated rings. The van der Waals surface area contributed by atoms with E-state index in [1.165, 1.54) is 12.5 Å². The number of esters is 2. The highest BCUT2D eigenvalue weighted by molar-refractivity contribution is 5.73. The maximum Gasteiger partial charge on any atom is 0.320 e. The Hall–Kier alpha value is -1.97. The van der Waals surface area contributed by atoms with Crippen molar-refractivity contribution in [3.63, 3.8) is 0 Å². The van der Waals surface area contributed by atoms with E-state index in [4.69, 9.17) is 14.2 Å². The molecule has 0 aromatic heterocycles. The second-order valence-electron chi connectivity index (χ2n) is 19.1. The van der Waals surface area contributed by atoms with E-state index < -0.39 is 34.9 Å². The minimum atomic E-state index is -0.665. The summed E-state index contributed by atoms with van der Waals surface area (Å²) in [6, 6.07) is 0.174. The smallest absolute Gasteiger partial charge is 0.320 e. The number of hydrogen-bond acceptors (Lipinski definition) is 8. The zero-order valence-corrected chi connectivity index (χ0v) is 34.4. The van der Waals surface area contributed by atoms with E-state index in [0.717, 1.165) is 58.2 Å². The maximum absolute atomic E-state index is 13.5. The molecule has 52 heavy (non-hydrogen) atoms. The van der Waals surface area contributed by atoms with Crippen LogP contribution in [-0.2, 0) is 28.6 Å². The van der Waals surface area contributed by atoms with Crippen molar-refractivity contribution in [2.75, 3.05) is 39.4 Å². The van der Waals surface area contributed by atoms with Crippen LogP contribution in [0.5, 0.6) is 0 Å². The Labute approximate surface area is 314 Å². The number of ether oxygens (including phenoxy) is 3. The molecule has 0 aromatic rings. The number of allylic oxidation sites excluding steroid dienone is 1. The van der Waals surface area contributed by atoms with E-state index in [2.05, 4.69) is 85.5 Å². The average molecular weight is 729 g/mol. The van der Waals surface area contributed by atoms with Crippen LogP contribution in [0.3, 0.4) is 0 Å². The molecule has 0 spiro atoms. The number of carbonyl (C=O) groups is 3. The summed E-state index contributed by atoms with van der Waals surface area (Å²) in [6.07, 6.45) is 8.24. The third-order valence-electron chi connectivity index (χ3n) is 16.2. The third kappa shape index (κ3) is 6.80. The van der Waals surface area contributed by atoms with Crippen LogP contribution in [0.2, 0.25) is 0 Å². The van der Waals surface area contributed by atoms with Crippen LogP contribution in [0, 0.1) is 56.7 Å². The van der Waals surface area contributed by atoms with Gasteiger partial charge in [0.2, 0.25) is 0 Å². The number of nitrogens with zero attached hydrogens (tertiary/aromatic N) is 1. The van der Waals surface area contributed by atoms with E-state index in [-0.39, 0.29) is 58.5 Å². The zero-order valence-electron chi connectivity index (χ0n) is 34.4. The van der Waals surface area contributed by atoms with Crippen molar-refractivity contribution < 1.29 is 33.7 Å². The molecule has 5 aliphatic rings. The van der Waals surface area contributed by atoms with Gasteiger partial charge in [0.05, 0.1) is 25.7 Å². The standard InChI is InChI=1S/C43H72N2O7/c1-12-45(13-2)22-14-15-28(5)44-24-35(47)52-37-33(51-30(7)46)23-43-26-50-25-40(37,9)34(43)17-16-31-32(43)18-19-42(11)36(38(48)49)39(8,29(6)27(3)4)20-21-41(31,42)10/h18,27-29,31,33-34,36-37,44H,12-17,19-26H2,1-11H3,(H,48,49)/t28?,29-,31+,33-,34+,36-,37+,39-,40-,41-,42+,43-/m1/s1. The van der Waals surface area contributed by atoms with Crippen LogP contribution in [0.1, 0.15) is 128 Å². The second-order valence-corrected chi connectivity index (χ2v) is 19.1. The summed E-state index contributed by atoms with van der Waals surface area (Å²) in [4.78, 5) is 42.0. The number of carboxylic acid groups (broad SMARTS) is 1. The zero-order chi connectivity index (χ0) is 38.4. The Kier molecular flexibility index (Phi) is 12.1. The van der Waals surface area contributed by atoms with Crippen molar-refractivity contribution >= 4 is 17.9 Å². The van der Waals surface area contributed by atoms with Crippen LogP contribution >= 0.6 is 0 Å². The highest BCUT2D eigenvalue weighted by Crippen LogP contribution is 2.75. The first-order valence-electron chi connectivity index (χ1n) is 20.7. The SMILES string of the molecule is CCN(CC)CCCC(C)NCC(=O)O[C@H]1[C@H](OC(C)=O)C[C@]23COC[C@]1(C)[C@@H]2CC[C@H]1C3=CC[C@@]2(C)[C@H](C(=O)O)[C@@](C)([C@H](C)C(C)C)CC[C@]12C. The number of aliphatic carboxylic acids is 1. The topological polar surface area (TPSA) is 114 Å². The van der Waals surface area contributed by atoms with Crippen molar-refractivity contribution in [3.8, 4) is 0 Å². The predicted molar refractivity (Wildman–Crippen MR) is 203 cm³/mol. The Morgan fingerprint density at radius 2 is 1.69 bits per heavy atom. The first-order valence-corrected chi connectivity index (χ1v) is 20.7. The van der Waals surface area contributed by atoms with Crippen molar-refractivity contribution in [2.24, 2.45) is 56.7 Å². The fourth-order valence-electron chi connectivity index (χ4n) is 12.8. The van der Waals surface area contributed by atoms with E-state index in [0.29, 0.717) is 32.0 Å². The van der Waals surface area contributed by atoms with E-state index >= 15 is 0 Å². The third-order valence-corrected chi connectivity index (χ3v) is 16.2. The van der Waals surface area contributed by atoms with Crippen LogP contribution in [0.4, 0.5) is 0 Å². The van der Waals surface area contributed by atoms with Gasteiger partial charge in [-0.05, 0) is 118 Å². The molecular formula is C43H72N2O7. The molecule has 296 valence electrons. The van der Waals surface area contributed by atoms with Crippen molar-refractivity contribution in [1.29, 1.82) is 0 Å². The van der Waals surface area contributed by atoms with Crippen molar-refractivity contribution in [3.05, 3.63) is 11.6 Å². The summed E-state index contributed by atoms with van der Waals surface area (Å²) in [5.74, 6) is -0.758. The summed E-state index contributed by atoms with van der Waals surface area (Å²) >= 11 is 0. The van der Waals surface area contributed by atoms with Gasteiger partial charge in [0.15, 0.2) is 0 Å². The lowest BCUT2D eigenvalue weighted by molar-refractivity contribution is -0.262. The van der Waals surface area contributed by atoms with E-state index in [1.807, 2.05) is 0 Å². The van der Waals surface area contributed by atoms with Gasteiger partial charge in [0.25, 0.3) is 0 Å². The molecule has 12 atom stereocenters. The lowest BCUT2D eigenvalue weighted by Crippen LogP contribution is -2.70. The van der Waals surface area contributed by atoms with Gasteiger partial charge in [-0.25, -0.2) is 0 Å². The van der Waals surface area contributed by atoms with Gasteiger partial charge in [-0.3, -0.25) is 14.4 Å². The minimum absolute atomic E-state index is 0.103. The molecule has 0 amide bonds. The van der Waals surface area contributed by atoms with Gasteiger partial charge in [-0.15, -0.1) is 0 Å². The van der Waals surface area contributed by atoms with E-state index in [9.17, 15) is 19.5 Å². The monoisotopic (exact) mass is 729 g/mol. The molecule has 5 rings (SSSR count). The van der Waals surface area contributed by atoms with Crippen molar-refractivity contribution in [2.45, 2.75) is 146 Å². The second kappa shape index (κ2) is 15.3. The molecule has 0 radical (unpaired) electrons. The summed E-state index contributed by atoms with van der Waals surface area (Å²) < 4.78 is 19.1. The molecule has 2 N–H and O–H groups in total. The number of hydrogen-bond donors (Lipinski definition) is 2. The number of carboxylic acids is 1. The molecule has 9 nitrogen and oxygen atoms in total. The molecule has 9 heteroatoms. The van der Waals surface area contributed by atoms with Gasteiger partial charge in [-0.1, -0.05) is 74.0 Å². The molecule has 2 bridgehead atoms. The predicted octanol–water partition coefficient (Wildman–Crippen LogP) is 7.52. The highest BCUT2D eigenvalue weighted by atomic mass is 16.6. The molecule has 1 heterocycles. The van der Waals surface area contributed by atoms with Crippen molar-refractivity contribution in [1.82, 2.24) is 10.2 Å². The normalized spacial score (nSPS) is 40.9. The fourth-order valence-corrected chi connectivity index (χ4v) is 12.8. The fraction of sp³-hybridized carbons (Fsp3) is 0.884. The lowest BCUT2D eigenvalue weighted by atomic mass is 9.34. The quantitative estimate of drug-likeness (QED) is 0.139. The molecule has 3 saturated carbocycles. The number of carbonyl (C=O) groups excluding carboxylic acids is 2. The van der Waals surface area contributed by atoms with Gasteiger partial charge < -0.3 is 29.5 Å². The molecular weight excluding hydrogens is 656 g/mol. The van der Waals surface area contributed by atoms with Crippen LogP contribution in [0.25, 0.3) is 0 Å². The number of nitrogens with one attached hydrogen (secondary N) is 1. The van der Waals surface area contributed by atoms with Crippen LogP contribution < -0.4 is 5.32 Å². The summed E-state index contributed by atoms with van der Waals surface area (Å²) in [5, 5.41) is 14.4. The summed E-state index contributed by atoms with van der Waals surface area (Å²) in [6.45, 7) is 27.9.